The fourth-order valence-electron chi connectivity index (χ4n) is 5.30. The molecule has 3 aromatic carbocycles. The Morgan fingerprint density at radius 3 is 2.23 bits per heavy atom. The van der Waals surface area contributed by atoms with Crippen LogP contribution in [0.4, 0.5) is 11.4 Å². The number of non-ortho nitro benzene ring substituents is 1. The van der Waals surface area contributed by atoms with Crippen molar-refractivity contribution in [3.8, 4) is 0 Å². The van der Waals surface area contributed by atoms with Crippen LogP contribution < -0.4 is 0 Å². The number of fused-ring (bicyclic) bond motifs is 1. The van der Waals surface area contributed by atoms with E-state index in [2.05, 4.69) is 6.92 Å². The smallest absolute Gasteiger partial charge is 0.267 e. The highest BCUT2D eigenvalue weighted by Crippen LogP contribution is 2.47. The minimum Gasteiger partial charge on any atom is -0.267 e. The topological polar surface area (TPSA) is 119 Å². The molecular formula is C28H22Cl2N4O5. The average molecular weight is 565 g/mol. The van der Waals surface area contributed by atoms with Gasteiger partial charge in [0.15, 0.2) is 0 Å². The van der Waals surface area contributed by atoms with E-state index in [-0.39, 0.29) is 17.4 Å². The molecule has 0 saturated heterocycles. The molecule has 1 aliphatic heterocycles. The summed E-state index contributed by atoms with van der Waals surface area (Å²) in [5.41, 5.74) is 2.02. The Kier molecular flexibility index (Phi) is 7.20. The summed E-state index contributed by atoms with van der Waals surface area (Å²) in [6.45, 7) is 2.14. The van der Waals surface area contributed by atoms with Crippen molar-refractivity contribution in [3.63, 3.8) is 0 Å². The van der Waals surface area contributed by atoms with Crippen molar-refractivity contribution in [2.24, 2.45) is 16.9 Å². The second-order valence-electron chi connectivity index (χ2n) is 9.72. The van der Waals surface area contributed by atoms with Crippen molar-refractivity contribution >= 4 is 52.3 Å². The number of rotatable bonds is 5. The maximum absolute atomic E-state index is 13.9. The van der Waals surface area contributed by atoms with Gasteiger partial charge in [-0.05, 0) is 71.9 Å². The van der Waals surface area contributed by atoms with Crippen molar-refractivity contribution < 1.29 is 14.6 Å². The van der Waals surface area contributed by atoms with Crippen LogP contribution in [0, 0.1) is 32.1 Å². The van der Waals surface area contributed by atoms with Crippen LogP contribution in [-0.4, -0.2) is 26.5 Å². The van der Waals surface area contributed by atoms with E-state index in [0.717, 1.165) is 53.5 Å². The first kappa shape index (κ1) is 26.5. The normalized spacial score (nSPS) is 21.4. The first-order valence-corrected chi connectivity index (χ1v) is 12.9. The van der Waals surface area contributed by atoms with Crippen LogP contribution in [0.25, 0.3) is 6.08 Å². The molecule has 3 aromatic rings. The second kappa shape index (κ2) is 10.6. The summed E-state index contributed by atoms with van der Waals surface area (Å²) in [5.74, 6) is -0.600. The van der Waals surface area contributed by atoms with Gasteiger partial charge in [-0.25, -0.2) is 5.01 Å². The van der Waals surface area contributed by atoms with Crippen molar-refractivity contribution in [3.05, 3.63) is 119 Å². The number of benzene rings is 3. The molecule has 1 saturated carbocycles. The first-order valence-electron chi connectivity index (χ1n) is 12.2. The standard InChI is InChI=1S/C28H22Cl2N4O5/c1-16-12-19(14-17-2-6-20(29)7-3-17)26-24(13-16)27(18-4-8-21(30)9-5-18)32(31-26)28(35)23-11-10-22(33(36)37)15-25(23)34(38)39/h2-11,14-16,24,27H,12-13H2,1H3/b19-14+/t16-,24-,27+/m1/s1. The molecule has 0 N–H and O–H groups in total. The number of nitrogens with zero attached hydrogens (tertiary/aromatic N) is 4. The lowest BCUT2D eigenvalue weighted by atomic mass is 9.73. The number of hydrogen-bond donors (Lipinski definition) is 0. The largest absolute Gasteiger partial charge is 0.289 e. The highest BCUT2D eigenvalue weighted by atomic mass is 35.5. The molecule has 1 amide bonds. The van der Waals surface area contributed by atoms with Gasteiger partial charge in [-0.3, -0.25) is 25.0 Å². The summed E-state index contributed by atoms with van der Waals surface area (Å²) in [4.78, 5) is 35.4. The van der Waals surface area contributed by atoms with Crippen LogP contribution in [0.3, 0.4) is 0 Å². The van der Waals surface area contributed by atoms with E-state index >= 15 is 0 Å². The second-order valence-corrected chi connectivity index (χ2v) is 10.6. The molecule has 39 heavy (non-hydrogen) atoms. The van der Waals surface area contributed by atoms with Gasteiger partial charge in [0.25, 0.3) is 17.3 Å². The predicted molar refractivity (Wildman–Crippen MR) is 149 cm³/mol. The molecule has 0 bridgehead atoms. The monoisotopic (exact) mass is 564 g/mol. The highest BCUT2D eigenvalue weighted by molar-refractivity contribution is 6.30. The van der Waals surface area contributed by atoms with Crippen molar-refractivity contribution in [2.45, 2.75) is 25.8 Å². The van der Waals surface area contributed by atoms with Crippen molar-refractivity contribution in [1.82, 2.24) is 5.01 Å². The molecule has 1 fully saturated rings. The van der Waals surface area contributed by atoms with E-state index in [1.807, 2.05) is 30.3 Å². The summed E-state index contributed by atoms with van der Waals surface area (Å²) in [6, 6.07) is 16.9. The van der Waals surface area contributed by atoms with E-state index in [1.54, 1.807) is 24.3 Å². The predicted octanol–water partition coefficient (Wildman–Crippen LogP) is 7.49. The lowest BCUT2D eigenvalue weighted by Crippen LogP contribution is -2.33. The van der Waals surface area contributed by atoms with Crippen LogP contribution in [0.5, 0.6) is 0 Å². The Bertz CT molecular complexity index is 1540. The van der Waals surface area contributed by atoms with Gasteiger partial charge in [0.2, 0.25) is 0 Å². The Morgan fingerprint density at radius 2 is 1.62 bits per heavy atom. The molecule has 3 atom stereocenters. The number of hydrazone groups is 1. The number of carbonyl (C=O) groups excluding carboxylic acids is 1. The summed E-state index contributed by atoms with van der Waals surface area (Å²) >= 11 is 12.2. The zero-order valence-electron chi connectivity index (χ0n) is 20.7. The zero-order chi connectivity index (χ0) is 27.8. The number of nitro benzene ring substituents is 2. The van der Waals surface area contributed by atoms with Crippen LogP contribution in [-0.2, 0) is 0 Å². The zero-order valence-corrected chi connectivity index (χ0v) is 22.2. The Hall–Kier alpha value is -4.08. The number of halogens is 2. The molecule has 9 nitrogen and oxygen atoms in total. The summed E-state index contributed by atoms with van der Waals surface area (Å²) < 4.78 is 0. The Balaban J connectivity index is 1.64. The minimum atomic E-state index is -0.790. The van der Waals surface area contributed by atoms with Crippen molar-refractivity contribution in [1.29, 1.82) is 0 Å². The van der Waals surface area contributed by atoms with Crippen LogP contribution in [0.15, 0.2) is 77.4 Å². The van der Waals surface area contributed by atoms with E-state index in [1.165, 1.54) is 5.01 Å². The maximum atomic E-state index is 13.9. The Morgan fingerprint density at radius 1 is 0.974 bits per heavy atom. The molecular weight excluding hydrogens is 543 g/mol. The first-order chi connectivity index (χ1) is 18.6. The molecule has 198 valence electrons. The quantitative estimate of drug-likeness (QED) is 0.235. The number of amides is 1. The molecule has 0 spiro atoms. The number of allylic oxidation sites excluding steroid dienone is 1. The van der Waals surface area contributed by atoms with Crippen LogP contribution in [0.2, 0.25) is 10.0 Å². The van der Waals surface area contributed by atoms with E-state index in [4.69, 9.17) is 28.3 Å². The van der Waals surface area contributed by atoms with Gasteiger partial charge in [-0.15, -0.1) is 0 Å². The van der Waals surface area contributed by atoms with Gasteiger partial charge in [0.05, 0.1) is 27.7 Å². The highest BCUT2D eigenvalue weighted by Gasteiger charge is 2.46. The molecule has 1 heterocycles. The minimum absolute atomic E-state index is 0.172. The van der Waals surface area contributed by atoms with Crippen LogP contribution in [0.1, 0.15) is 47.3 Å². The third-order valence-corrected chi connectivity index (χ3v) is 7.52. The third kappa shape index (κ3) is 5.28. The SMILES string of the molecule is C[C@@H]1C/C(=C\c2ccc(Cl)cc2)C2=NN(C(=O)c3ccc([N+](=O)[O-])cc3[N+](=O)[O-])[C@@H](c3ccc(Cl)cc3)[C@@H]2C1. The van der Waals surface area contributed by atoms with Gasteiger partial charge in [0, 0.05) is 22.0 Å². The van der Waals surface area contributed by atoms with Gasteiger partial charge in [0.1, 0.15) is 5.56 Å². The molecule has 1 aliphatic carbocycles. The van der Waals surface area contributed by atoms with Gasteiger partial charge < -0.3 is 0 Å². The van der Waals surface area contributed by atoms with E-state index in [0.29, 0.717) is 10.0 Å². The van der Waals surface area contributed by atoms with Gasteiger partial charge in [-0.1, -0.05) is 54.4 Å². The molecule has 0 unspecified atom stereocenters. The van der Waals surface area contributed by atoms with Crippen LogP contribution >= 0.6 is 23.2 Å². The van der Waals surface area contributed by atoms with E-state index in [9.17, 15) is 25.0 Å². The molecule has 5 rings (SSSR count). The number of hydrogen-bond acceptors (Lipinski definition) is 6. The Labute approximate surface area is 233 Å². The fourth-order valence-corrected chi connectivity index (χ4v) is 5.55. The molecule has 0 aromatic heterocycles. The molecule has 11 heteroatoms. The van der Waals surface area contributed by atoms with Gasteiger partial charge in [-0.2, -0.15) is 5.10 Å². The lowest BCUT2D eigenvalue weighted by Gasteiger charge is -2.32. The lowest BCUT2D eigenvalue weighted by molar-refractivity contribution is -0.394. The third-order valence-electron chi connectivity index (χ3n) is 7.01. The molecule has 2 aliphatic rings. The van der Waals surface area contributed by atoms with Gasteiger partial charge >= 0.3 is 0 Å². The number of nitro groups is 2. The fraction of sp³-hybridized carbons (Fsp3) is 0.214. The summed E-state index contributed by atoms with van der Waals surface area (Å²) in [7, 11) is 0. The maximum Gasteiger partial charge on any atom is 0.289 e. The summed E-state index contributed by atoms with van der Waals surface area (Å²) in [6.07, 6.45) is 3.51. The molecule has 0 radical (unpaired) electrons. The van der Waals surface area contributed by atoms with Crippen molar-refractivity contribution in [2.75, 3.05) is 0 Å². The number of carbonyl (C=O) groups is 1. The van der Waals surface area contributed by atoms with E-state index < -0.39 is 33.2 Å². The summed E-state index contributed by atoms with van der Waals surface area (Å²) in [5, 5.41) is 30.2. The average Bonchev–Trinajstić information content (AvgIpc) is 3.29.